The van der Waals surface area contributed by atoms with E-state index in [1.54, 1.807) is 19.4 Å². The van der Waals surface area contributed by atoms with E-state index in [2.05, 4.69) is 10.4 Å². The molecule has 26 heavy (non-hydrogen) atoms. The van der Waals surface area contributed by atoms with Gasteiger partial charge in [0.2, 0.25) is 5.91 Å². The van der Waals surface area contributed by atoms with Crippen LogP contribution in [0.15, 0.2) is 30.5 Å². The minimum atomic E-state index is -0.244. The normalized spacial score (nSPS) is 26.5. The molecular weight excluding hydrogens is 334 g/mol. The molecule has 3 unspecified atom stereocenters. The lowest BCUT2D eigenvalue weighted by atomic mass is 9.58. The number of phenols is 2. The van der Waals surface area contributed by atoms with Gasteiger partial charge in [0, 0.05) is 36.2 Å². The Kier molecular flexibility index (Phi) is 4.11. The van der Waals surface area contributed by atoms with E-state index in [0.29, 0.717) is 24.8 Å². The van der Waals surface area contributed by atoms with Crippen molar-refractivity contribution in [3.8, 4) is 11.5 Å². The van der Waals surface area contributed by atoms with E-state index in [1.165, 1.54) is 12.1 Å². The van der Waals surface area contributed by atoms with Crippen LogP contribution in [-0.2, 0) is 21.5 Å². The number of fused-ring (bicyclic) bond motifs is 1. The number of benzene rings is 1. The lowest BCUT2D eigenvalue weighted by Gasteiger charge is -2.46. The SMILES string of the molecule is COCCn1nccc1C12CCC(C1)C2C(=O)Nc1ccc(O)c(O)c1. The third-order valence-electron chi connectivity index (χ3n) is 5.91. The fourth-order valence-corrected chi connectivity index (χ4v) is 4.76. The number of ether oxygens (including phenoxy) is 1. The van der Waals surface area contributed by atoms with Gasteiger partial charge in [0.15, 0.2) is 11.5 Å². The van der Waals surface area contributed by atoms with Gasteiger partial charge in [-0.2, -0.15) is 5.10 Å². The first-order valence-electron chi connectivity index (χ1n) is 8.89. The van der Waals surface area contributed by atoms with Crippen LogP contribution in [0.4, 0.5) is 5.69 Å². The average Bonchev–Trinajstić information content (AvgIpc) is 3.30. The number of carbonyl (C=O) groups is 1. The number of methoxy groups -OCH3 is 1. The van der Waals surface area contributed by atoms with Gasteiger partial charge in [0.05, 0.1) is 19.1 Å². The second-order valence-electron chi connectivity index (χ2n) is 7.26. The van der Waals surface area contributed by atoms with Crippen LogP contribution in [0.5, 0.6) is 11.5 Å². The molecule has 3 fully saturated rings. The number of rotatable bonds is 6. The number of hydrogen-bond donors (Lipinski definition) is 3. The molecule has 3 aliphatic rings. The molecule has 2 aromatic rings. The molecule has 0 aliphatic heterocycles. The van der Waals surface area contributed by atoms with Crippen molar-refractivity contribution in [2.45, 2.75) is 31.2 Å². The Labute approximate surface area is 151 Å². The second kappa shape index (κ2) is 6.32. The van der Waals surface area contributed by atoms with E-state index < -0.39 is 0 Å². The number of phenolic OH excluding ortho intramolecular Hbond substituents is 2. The number of hydrogen-bond acceptors (Lipinski definition) is 5. The van der Waals surface area contributed by atoms with Crippen molar-refractivity contribution in [1.29, 1.82) is 0 Å². The van der Waals surface area contributed by atoms with Crippen LogP contribution < -0.4 is 5.32 Å². The summed E-state index contributed by atoms with van der Waals surface area (Å²) in [5, 5.41) is 26.4. The lowest BCUT2D eigenvalue weighted by Crippen LogP contribution is -2.51. The van der Waals surface area contributed by atoms with Crippen LogP contribution in [-0.4, -0.2) is 39.6 Å². The molecule has 7 heteroatoms. The molecule has 1 aromatic carbocycles. The molecule has 1 heterocycles. The summed E-state index contributed by atoms with van der Waals surface area (Å²) >= 11 is 0. The van der Waals surface area contributed by atoms with Gasteiger partial charge in [-0.15, -0.1) is 0 Å². The molecule has 1 aromatic heterocycles. The van der Waals surface area contributed by atoms with Crippen LogP contribution in [0.1, 0.15) is 25.0 Å². The Morgan fingerprint density at radius 2 is 2.23 bits per heavy atom. The number of nitrogens with one attached hydrogen (secondary N) is 1. The maximum Gasteiger partial charge on any atom is 0.228 e. The molecule has 0 radical (unpaired) electrons. The molecule has 7 nitrogen and oxygen atoms in total. The van der Waals surface area contributed by atoms with Gasteiger partial charge in [0.25, 0.3) is 0 Å². The zero-order valence-corrected chi connectivity index (χ0v) is 14.7. The Morgan fingerprint density at radius 3 is 2.96 bits per heavy atom. The van der Waals surface area contributed by atoms with Gasteiger partial charge in [-0.3, -0.25) is 9.48 Å². The molecule has 3 saturated carbocycles. The zero-order valence-electron chi connectivity index (χ0n) is 14.7. The van der Waals surface area contributed by atoms with E-state index in [0.717, 1.165) is 25.0 Å². The molecule has 2 bridgehead atoms. The third-order valence-corrected chi connectivity index (χ3v) is 5.91. The van der Waals surface area contributed by atoms with Crippen molar-refractivity contribution in [2.75, 3.05) is 19.0 Å². The van der Waals surface area contributed by atoms with Crippen molar-refractivity contribution >= 4 is 11.6 Å². The molecular formula is C19H23N3O4. The number of anilines is 1. The first-order chi connectivity index (χ1) is 12.5. The van der Waals surface area contributed by atoms with Gasteiger partial charge in [-0.05, 0) is 43.4 Å². The summed E-state index contributed by atoms with van der Waals surface area (Å²) in [6.07, 6.45) is 4.81. The van der Waals surface area contributed by atoms with Crippen molar-refractivity contribution in [3.63, 3.8) is 0 Å². The molecule has 3 N–H and O–H groups in total. The predicted molar refractivity (Wildman–Crippen MR) is 95.0 cm³/mol. The molecule has 3 atom stereocenters. The van der Waals surface area contributed by atoms with Crippen molar-refractivity contribution < 1.29 is 19.7 Å². The zero-order chi connectivity index (χ0) is 18.3. The maximum absolute atomic E-state index is 13.0. The minimum absolute atomic E-state index is 0.0386. The van der Waals surface area contributed by atoms with Crippen molar-refractivity contribution in [2.24, 2.45) is 11.8 Å². The molecule has 0 spiro atoms. The number of aromatic nitrogens is 2. The summed E-state index contributed by atoms with van der Waals surface area (Å²) in [6.45, 7) is 1.25. The van der Waals surface area contributed by atoms with Crippen molar-refractivity contribution in [1.82, 2.24) is 9.78 Å². The van der Waals surface area contributed by atoms with E-state index in [9.17, 15) is 15.0 Å². The van der Waals surface area contributed by atoms with E-state index in [4.69, 9.17) is 4.74 Å². The van der Waals surface area contributed by atoms with Crippen LogP contribution in [0.25, 0.3) is 0 Å². The number of amides is 1. The van der Waals surface area contributed by atoms with E-state index in [1.807, 2.05) is 10.7 Å². The fourth-order valence-electron chi connectivity index (χ4n) is 4.76. The summed E-state index contributed by atoms with van der Waals surface area (Å²) in [5.41, 5.74) is 1.43. The Hall–Kier alpha value is -2.54. The lowest BCUT2D eigenvalue weighted by molar-refractivity contribution is -0.127. The van der Waals surface area contributed by atoms with Crippen LogP contribution in [0.2, 0.25) is 0 Å². The van der Waals surface area contributed by atoms with Crippen molar-refractivity contribution in [3.05, 3.63) is 36.2 Å². The summed E-state index contributed by atoms with van der Waals surface area (Å²) < 4.78 is 7.12. The number of aromatic hydroxyl groups is 2. The highest BCUT2D eigenvalue weighted by molar-refractivity contribution is 5.95. The van der Waals surface area contributed by atoms with Gasteiger partial charge in [0.1, 0.15) is 0 Å². The van der Waals surface area contributed by atoms with Crippen LogP contribution in [0, 0.1) is 11.8 Å². The largest absolute Gasteiger partial charge is 0.504 e. The summed E-state index contributed by atoms with van der Waals surface area (Å²) in [4.78, 5) is 13.0. The number of carbonyl (C=O) groups excluding carboxylic acids is 1. The molecule has 5 rings (SSSR count). The third kappa shape index (κ3) is 2.54. The minimum Gasteiger partial charge on any atom is -0.504 e. The Balaban J connectivity index is 1.56. The highest BCUT2D eigenvalue weighted by atomic mass is 16.5. The van der Waals surface area contributed by atoms with Gasteiger partial charge in [-0.1, -0.05) is 0 Å². The fraction of sp³-hybridized carbons (Fsp3) is 0.474. The van der Waals surface area contributed by atoms with Crippen LogP contribution >= 0.6 is 0 Å². The number of nitrogens with zero attached hydrogens (tertiary/aromatic N) is 2. The smallest absolute Gasteiger partial charge is 0.228 e. The molecule has 1 amide bonds. The first-order valence-corrected chi connectivity index (χ1v) is 8.89. The predicted octanol–water partition coefficient (Wildman–Crippen LogP) is 2.25. The Bertz CT molecular complexity index is 830. The second-order valence-corrected chi connectivity index (χ2v) is 7.26. The highest BCUT2D eigenvalue weighted by Gasteiger charge is 2.63. The van der Waals surface area contributed by atoms with Gasteiger partial charge < -0.3 is 20.3 Å². The quantitative estimate of drug-likeness (QED) is 0.544. The topological polar surface area (TPSA) is 96.6 Å². The maximum atomic E-state index is 13.0. The standard InChI is InChI=1S/C19H23N3O4/c1-26-9-8-22-16(5-7-20-22)19-6-4-12(11-19)17(19)18(25)21-13-2-3-14(23)15(24)10-13/h2-3,5,7,10,12,17,23-24H,4,6,8-9,11H2,1H3,(H,21,25). The van der Waals surface area contributed by atoms with Gasteiger partial charge >= 0.3 is 0 Å². The van der Waals surface area contributed by atoms with Gasteiger partial charge in [-0.25, -0.2) is 0 Å². The summed E-state index contributed by atoms with van der Waals surface area (Å²) in [6, 6.07) is 6.34. The monoisotopic (exact) mass is 357 g/mol. The molecule has 138 valence electrons. The van der Waals surface area contributed by atoms with E-state index in [-0.39, 0.29) is 28.7 Å². The van der Waals surface area contributed by atoms with Crippen LogP contribution in [0.3, 0.4) is 0 Å². The van der Waals surface area contributed by atoms with E-state index >= 15 is 0 Å². The average molecular weight is 357 g/mol. The first kappa shape index (κ1) is 16.9. The molecule has 3 aliphatic carbocycles. The summed E-state index contributed by atoms with van der Waals surface area (Å²) in [5.74, 6) is -0.205. The highest BCUT2D eigenvalue weighted by Crippen LogP contribution is 2.64. The Morgan fingerprint density at radius 1 is 1.38 bits per heavy atom. The summed E-state index contributed by atoms with van der Waals surface area (Å²) in [7, 11) is 1.67. The molecule has 0 saturated heterocycles.